The third kappa shape index (κ3) is 6.40. The van der Waals surface area contributed by atoms with Crippen LogP contribution in [-0.4, -0.2) is 62.4 Å². The average molecular weight is 612 g/mol. The molecule has 4 rings (SSSR count). The van der Waals surface area contributed by atoms with Gasteiger partial charge >= 0.3 is 12.0 Å². The standard InChI is InChI=1S/C32H41N3O5S2/c1-9-40-30(36)27-26(25-11-10-20(2)16-21(25)3)19-41-29(27)33-31(37)34-12-14-35(15-13-34)42(38,39)28-22(4)17-24(18-23(28)5)32(6,7)8/h10-11,16-19H,9,12-15H2,1-8H3,(H,33,37). The summed E-state index contributed by atoms with van der Waals surface area (Å²) in [5.41, 5.74) is 6.53. The molecule has 0 bridgehead atoms. The zero-order chi connectivity index (χ0) is 31.0. The maximum Gasteiger partial charge on any atom is 0.341 e. The third-order valence-corrected chi connectivity index (χ3v) is 10.7. The summed E-state index contributed by atoms with van der Waals surface area (Å²) in [4.78, 5) is 28.3. The molecule has 1 aromatic heterocycles. The van der Waals surface area contributed by atoms with Gasteiger partial charge in [0.05, 0.1) is 11.5 Å². The van der Waals surface area contributed by atoms with Crippen LogP contribution in [0, 0.1) is 27.7 Å². The van der Waals surface area contributed by atoms with Gasteiger partial charge in [-0.2, -0.15) is 4.31 Å². The van der Waals surface area contributed by atoms with Crippen LogP contribution >= 0.6 is 11.3 Å². The number of amides is 2. The van der Waals surface area contributed by atoms with Crippen molar-refractivity contribution in [2.45, 2.75) is 65.7 Å². The lowest BCUT2D eigenvalue weighted by Gasteiger charge is -2.34. The number of rotatable bonds is 6. The van der Waals surface area contributed by atoms with Gasteiger partial charge in [-0.05, 0) is 67.9 Å². The number of ether oxygens (including phenoxy) is 1. The molecule has 3 aromatic rings. The van der Waals surface area contributed by atoms with Crippen molar-refractivity contribution in [2.75, 3.05) is 38.1 Å². The summed E-state index contributed by atoms with van der Waals surface area (Å²) in [5.74, 6) is -0.497. The molecule has 2 heterocycles. The first-order valence-electron chi connectivity index (χ1n) is 14.2. The van der Waals surface area contributed by atoms with Crippen molar-refractivity contribution < 1.29 is 22.7 Å². The Morgan fingerprint density at radius 3 is 2.10 bits per heavy atom. The number of anilines is 1. The normalized spacial score (nSPS) is 14.6. The van der Waals surface area contributed by atoms with Crippen molar-refractivity contribution in [2.24, 2.45) is 0 Å². The molecule has 1 fully saturated rings. The average Bonchev–Trinajstić information content (AvgIpc) is 3.31. The molecule has 1 N–H and O–H groups in total. The quantitative estimate of drug-likeness (QED) is 0.315. The number of hydrogen-bond acceptors (Lipinski definition) is 6. The number of thiophene rings is 1. The van der Waals surface area contributed by atoms with Gasteiger partial charge in [0.1, 0.15) is 10.6 Å². The number of piperazine rings is 1. The van der Waals surface area contributed by atoms with Crippen molar-refractivity contribution in [1.82, 2.24) is 9.21 Å². The minimum atomic E-state index is -3.74. The van der Waals surface area contributed by atoms with Gasteiger partial charge in [-0.1, -0.05) is 56.7 Å². The first kappa shape index (κ1) is 31.7. The Morgan fingerprint density at radius 2 is 1.55 bits per heavy atom. The Morgan fingerprint density at radius 1 is 0.929 bits per heavy atom. The molecule has 2 aromatic carbocycles. The van der Waals surface area contributed by atoms with Gasteiger partial charge in [0.25, 0.3) is 0 Å². The van der Waals surface area contributed by atoms with Crippen molar-refractivity contribution in [3.8, 4) is 11.1 Å². The molecular weight excluding hydrogens is 571 g/mol. The minimum Gasteiger partial charge on any atom is -0.462 e. The van der Waals surface area contributed by atoms with E-state index in [9.17, 15) is 18.0 Å². The number of aryl methyl sites for hydroxylation is 4. The van der Waals surface area contributed by atoms with Gasteiger partial charge in [-0.3, -0.25) is 5.32 Å². The molecule has 1 saturated heterocycles. The van der Waals surface area contributed by atoms with Crippen LogP contribution in [0.5, 0.6) is 0 Å². The van der Waals surface area contributed by atoms with E-state index in [2.05, 4.69) is 32.2 Å². The number of carbonyl (C=O) groups excluding carboxylic acids is 2. The van der Waals surface area contributed by atoms with Crippen LogP contribution < -0.4 is 5.32 Å². The van der Waals surface area contributed by atoms with E-state index in [-0.39, 0.29) is 44.2 Å². The SMILES string of the molecule is CCOC(=O)c1c(-c2ccc(C)cc2C)csc1NC(=O)N1CCN(S(=O)(=O)c2c(C)cc(C(C)(C)C)cc2C)CC1. The number of sulfonamides is 1. The van der Waals surface area contributed by atoms with Crippen LogP contribution in [0.1, 0.15) is 65.9 Å². The second kappa shape index (κ2) is 12.2. The van der Waals surface area contributed by atoms with Crippen LogP contribution in [0.25, 0.3) is 11.1 Å². The van der Waals surface area contributed by atoms with E-state index in [1.807, 2.05) is 57.3 Å². The number of esters is 1. The number of carbonyl (C=O) groups is 2. The molecule has 1 aliphatic heterocycles. The van der Waals surface area contributed by atoms with E-state index in [0.29, 0.717) is 21.0 Å². The fourth-order valence-corrected chi connectivity index (χ4v) is 8.17. The lowest BCUT2D eigenvalue weighted by Crippen LogP contribution is -2.51. The van der Waals surface area contributed by atoms with E-state index in [4.69, 9.17) is 4.74 Å². The molecule has 0 radical (unpaired) electrons. The number of hydrogen-bond donors (Lipinski definition) is 1. The summed E-state index contributed by atoms with van der Waals surface area (Å²) in [6, 6.07) is 9.54. The molecule has 0 saturated carbocycles. The zero-order valence-electron chi connectivity index (χ0n) is 25.8. The molecule has 0 unspecified atom stereocenters. The van der Waals surface area contributed by atoms with Gasteiger partial charge in [0.2, 0.25) is 10.0 Å². The van der Waals surface area contributed by atoms with E-state index in [1.165, 1.54) is 15.6 Å². The monoisotopic (exact) mass is 611 g/mol. The van der Waals surface area contributed by atoms with Crippen LogP contribution in [0.15, 0.2) is 40.6 Å². The lowest BCUT2D eigenvalue weighted by atomic mass is 9.85. The molecule has 2 amide bonds. The number of benzene rings is 2. The zero-order valence-corrected chi connectivity index (χ0v) is 27.4. The lowest BCUT2D eigenvalue weighted by molar-refractivity contribution is 0.0529. The van der Waals surface area contributed by atoms with Crippen LogP contribution in [-0.2, 0) is 20.2 Å². The summed E-state index contributed by atoms with van der Waals surface area (Å²) >= 11 is 1.27. The third-order valence-electron chi connectivity index (χ3n) is 7.61. The van der Waals surface area contributed by atoms with Crippen LogP contribution in [0.2, 0.25) is 0 Å². The van der Waals surface area contributed by atoms with E-state index in [0.717, 1.165) is 33.4 Å². The van der Waals surface area contributed by atoms with Crippen molar-refractivity contribution >= 4 is 38.4 Å². The molecule has 0 spiro atoms. The Kier molecular flexibility index (Phi) is 9.20. The number of nitrogens with zero attached hydrogens (tertiary/aromatic N) is 2. The van der Waals surface area contributed by atoms with Crippen molar-refractivity contribution in [3.63, 3.8) is 0 Å². The number of urea groups is 1. The molecule has 226 valence electrons. The predicted molar refractivity (Wildman–Crippen MR) is 169 cm³/mol. The Bertz CT molecular complexity index is 1590. The Labute approximate surface area is 253 Å². The van der Waals surface area contributed by atoms with E-state index < -0.39 is 16.0 Å². The van der Waals surface area contributed by atoms with Crippen molar-refractivity contribution in [3.05, 3.63) is 69.1 Å². The first-order valence-corrected chi connectivity index (χ1v) is 16.5. The second-order valence-electron chi connectivity index (χ2n) is 11.9. The number of nitrogens with one attached hydrogen (secondary N) is 1. The highest BCUT2D eigenvalue weighted by molar-refractivity contribution is 7.89. The van der Waals surface area contributed by atoms with Crippen LogP contribution in [0.4, 0.5) is 9.80 Å². The van der Waals surface area contributed by atoms with Gasteiger partial charge in [0, 0.05) is 37.1 Å². The van der Waals surface area contributed by atoms with Gasteiger partial charge < -0.3 is 9.64 Å². The second-order valence-corrected chi connectivity index (χ2v) is 14.7. The first-order chi connectivity index (χ1) is 19.6. The summed E-state index contributed by atoms with van der Waals surface area (Å²) in [6.45, 7) is 16.8. The molecule has 0 aliphatic carbocycles. The molecule has 1 aliphatic rings. The largest absolute Gasteiger partial charge is 0.462 e. The molecule has 0 atom stereocenters. The van der Waals surface area contributed by atoms with Crippen LogP contribution in [0.3, 0.4) is 0 Å². The fourth-order valence-electron chi connectivity index (χ4n) is 5.40. The summed E-state index contributed by atoms with van der Waals surface area (Å²) in [5, 5.41) is 5.17. The summed E-state index contributed by atoms with van der Waals surface area (Å²) in [6.07, 6.45) is 0. The minimum absolute atomic E-state index is 0.0910. The van der Waals surface area contributed by atoms with Gasteiger partial charge in [0.15, 0.2) is 0 Å². The Balaban J connectivity index is 1.52. The highest BCUT2D eigenvalue weighted by Gasteiger charge is 2.33. The summed E-state index contributed by atoms with van der Waals surface area (Å²) in [7, 11) is -3.74. The maximum atomic E-state index is 13.7. The highest BCUT2D eigenvalue weighted by atomic mass is 32.2. The maximum absolute atomic E-state index is 13.7. The Hall–Kier alpha value is -3.21. The smallest absolute Gasteiger partial charge is 0.341 e. The molecule has 10 heteroatoms. The topological polar surface area (TPSA) is 96.0 Å². The predicted octanol–water partition coefficient (Wildman–Crippen LogP) is 6.66. The molecule has 8 nitrogen and oxygen atoms in total. The highest BCUT2D eigenvalue weighted by Crippen LogP contribution is 2.38. The van der Waals surface area contributed by atoms with E-state index >= 15 is 0 Å². The van der Waals surface area contributed by atoms with Gasteiger partial charge in [-0.25, -0.2) is 18.0 Å². The summed E-state index contributed by atoms with van der Waals surface area (Å²) < 4.78 is 34.2. The van der Waals surface area contributed by atoms with E-state index in [1.54, 1.807) is 11.8 Å². The fraction of sp³-hybridized carbons (Fsp3) is 0.438. The molecular formula is C32H41N3O5S2. The van der Waals surface area contributed by atoms with Crippen molar-refractivity contribution in [1.29, 1.82) is 0 Å². The molecule has 42 heavy (non-hydrogen) atoms. The van der Waals surface area contributed by atoms with Gasteiger partial charge in [-0.15, -0.1) is 11.3 Å².